The van der Waals surface area contributed by atoms with Gasteiger partial charge in [-0.2, -0.15) is 0 Å². The van der Waals surface area contributed by atoms with E-state index in [9.17, 15) is 22.8 Å². The van der Waals surface area contributed by atoms with Crippen molar-refractivity contribution in [3.05, 3.63) is 46.7 Å². The summed E-state index contributed by atoms with van der Waals surface area (Å²) in [5, 5.41) is 4.47. The lowest BCUT2D eigenvalue weighted by Crippen LogP contribution is -2.49. The van der Waals surface area contributed by atoms with Crippen LogP contribution in [0.4, 0.5) is 18.9 Å². The van der Waals surface area contributed by atoms with Crippen LogP contribution in [0.2, 0.25) is 0 Å². The fourth-order valence-electron chi connectivity index (χ4n) is 2.95. The van der Waals surface area contributed by atoms with Crippen LogP contribution in [0.15, 0.2) is 41.8 Å². The molecule has 1 aliphatic heterocycles. The first-order chi connectivity index (χ1) is 12.8. The Kier molecular flexibility index (Phi) is 5.69. The van der Waals surface area contributed by atoms with Gasteiger partial charge in [0.15, 0.2) is 0 Å². The van der Waals surface area contributed by atoms with Gasteiger partial charge in [-0.1, -0.05) is 6.07 Å². The van der Waals surface area contributed by atoms with Gasteiger partial charge >= 0.3 is 6.36 Å². The molecule has 5 nitrogen and oxygen atoms in total. The SMILES string of the molecule is O=C(Nc1ccc(OC(F)(F)F)cc1)[C@H]1CCCCN1C(=O)c1cccs1. The zero-order chi connectivity index (χ0) is 19.4. The van der Waals surface area contributed by atoms with Crippen molar-refractivity contribution in [3.63, 3.8) is 0 Å². The molecular weight excluding hydrogens is 381 g/mol. The van der Waals surface area contributed by atoms with E-state index < -0.39 is 12.4 Å². The number of alkyl halides is 3. The third kappa shape index (κ3) is 5.00. The monoisotopic (exact) mass is 398 g/mol. The maximum atomic E-state index is 12.7. The average Bonchev–Trinajstić information content (AvgIpc) is 3.16. The Morgan fingerprint density at radius 2 is 1.89 bits per heavy atom. The Morgan fingerprint density at radius 3 is 2.52 bits per heavy atom. The largest absolute Gasteiger partial charge is 0.573 e. The molecule has 2 aromatic rings. The maximum Gasteiger partial charge on any atom is 0.573 e. The summed E-state index contributed by atoms with van der Waals surface area (Å²) < 4.78 is 40.4. The molecule has 144 valence electrons. The van der Waals surface area contributed by atoms with Gasteiger partial charge in [-0.3, -0.25) is 9.59 Å². The number of nitrogens with zero attached hydrogens (tertiary/aromatic N) is 1. The summed E-state index contributed by atoms with van der Waals surface area (Å²) in [5.41, 5.74) is 0.337. The van der Waals surface area contributed by atoms with Crippen molar-refractivity contribution in [2.45, 2.75) is 31.7 Å². The summed E-state index contributed by atoms with van der Waals surface area (Å²) in [6.45, 7) is 0.493. The molecule has 1 aromatic carbocycles. The van der Waals surface area contributed by atoms with Crippen molar-refractivity contribution in [1.82, 2.24) is 4.90 Å². The first kappa shape index (κ1) is 19.2. The molecule has 9 heteroatoms. The molecule has 27 heavy (non-hydrogen) atoms. The highest BCUT2D eigenvalue weighted by atomic mass is 32.1. The molecule has 2 amide bonds. The van der Waals surface area contributed by atoms with Gasteiger partial charge in [0, 0.05) is 12.2 Å². The fraction of sp³-hybridized carbons (Fsp3) is 0.333. The van der Waals surface area contributed by atoms with Gasteiger partial charge in [-0.25, -0.2) is 0 Å². The van der Waals surface area contributed by atoms with Gasteiger partial charge < -0.3 is 15.0 Å². The molecule has 0 unspecified atom stereocenters. The number of thiophene rings is 1. The van der Waals surface area contributed by atoms with Gasteiger partial charge in [-0.05, 0) is 55.0 Å². The van der Waals surface area contributed by atoms with Crippen LogP contribution in [-0.4, -0.2) is 35.7 Å². The van der Waals surface area contributed by atoms with E-state index in [1.165, 1.54) is 23.5 Å². The Hall–Kier alpha value is -2.55. The second kappa shape index (κ2) is 7.99. The molecule has 3 rings (SSSR count). The highest BCUT2D eigenvalue weighted by molar-refractivity contribution is 7.12. The Morgan fingerprint density at radius 1 is 1.15 bits per heavy atom. The Bertz CT molecular complexity index is 791. The molecule has 1 saturated heterocycles. The van der Waals surface area contributed by atoms with Crippen LogP contribution in [-0.2, 0) is 4.79 Å². The van der Waals surface area contributed by atoms with E-state index in [0.29, 0.717) is 23.5 Å². The number of amides is 2. The van der Waals surface area contributed by atoms with Gasteiger partial charge in [0.25, 0.3) is 5.91 Å². The van der Waals surface area contributed by atoms with E-state index in [1.807, 2.05) is 0 Å². The fourth-order valence-corrected chi connectivity index (χ4v) is 3.63. The number of hydrogen-bond acceptors (Lipinski definition) is 4. The zero-order valence-corrected chi connectivity index (χ0v) is 15.0. The van der Waals surface area contributed by atoms with Gasteiger partial charge in [0.05, 0.1) is 4.88 Å². The normalized spacial score (nSPS) is 17.4. The molecular formula is C18H17F3N2O3S. The number of halogens is 3. The summed E-state index contributed by atoms with van der Waals surface area (Å²) in [5.74, 6) is -0.907. The summed E-state index contributed by atoms with van der Waals surface area (Å²) in [7, 11) is 0. The first-order valence-corrected chi connectivity index (χ1v) is 9.22. The number of carbonyl (C=O) groups excluding carboxylic acids is 2. The van der Waals surface area contributed by atoms with Crippen molar-refractivity contribution in [2.75, 3.05) is 11.9 Å². The molecule has 0 aliphatic carbocycles. The lowest BCUT2D eigenvalue weighted by Gasteiger charge is -2.34. The minimum absolute atomic E-state index is 0.182. The Labute approximate surface area is 157 Å². The van der Waals surface area contributed by atoms with E-state index in [2.05, 4.69) is 10.1 Å². The second-order valence-corrected chi connectivity index (χ2v) is 7.00. The number of hydrogen-bond donors (Lipinski definition) is 1. The number of carbonyl (C=O) groups is 2. The summed E-state index contributed by atoms with van der Waals surface area (Å²) >= 11 is 1.32. The highest BCUT2D eigenvalue weighted by Crippen LogP contribution is 2.26. The molecule has 1 N–H and O–H groups in total. The first-order valence-electron chi connectivity index (χ1n) is 8.34. The molecule has 1 aromatic heterocycles. The Balaban J connectivity index is 1.67. The smallest absolute Gasteiger partial charge is 0.406 e. The van der Waals surface area contributed by atoms with Crippen LogP contribution >= 0.6 is 11.3 Å². The topological polar surface area (TPSA) is 58.6 Å². The van der Waals surface area contributed by atoms with Crippen LogP contribution in [0.25, 0.3) is 0 Å². The minimum Gasteiger partial charge on any atom is -0.406 e. The third-order valence-electron chi connectivity index (χ3n) is 4.15. The quantitative estimate of drug-likeness (QED) is 0.836. The molecule has 0 radical (unpaired) electrons. The predicted molar refractivity (Wildman–Crippen MR) is 94.7 cm³/mol. The number of anilines is 1. The van der Waals surface area contributed by atoms with E-state index in [0.717, 1.165) is 25.0 Å². The molecule has 0 saturated carbocycles. The number of rotatable bonds is 4. The standard InChI is InChI=1S/C18H17F3N2O3S/c19-18(20,21)26-13-8-6-12(7-9-13)22-16(24)14-4-1-2-10-23(14)17(25)15-5-3-11-27-15/h3,5-9,11,14H,1-2,4,10H2,(H,22,24)/t14-/m1/s1. The van der Waals surface area contributed by atoms with Crippen LogP contribution in [0, 0.1) is 0 Å². The van der Waals surface area contributed by atoms with Crippen molar-refractivity contribution in [2.24, 2.45) is 0 Å². The zero-order valence-electron chi connectivity index (χ0n) is 14.2. The maximum absolute atomic E-state index is 12.7. The van der Waals surface area contributed by atoms with Gasteiger partial charge in [-0.15, -0.1) is 24.5 Å². The van der Waals surface area contributed by atoms with E-state index in [1.54, 1.807) is 22.4 Å². The van der Waals surface area contributed by atoms with Crippen LogP contribution in [0.1, 0.15) is 28.9 Å². The number of benzene rings is 1. The van der Waals surface area contributed by atoms with E-state index in [4.69, 9.17) is 0 Å². The highest BCUT2D eigenvalue weighted by Gasteiger charge is 2.33. The summed E-state index contributed by atoms with van der Waals surface area (Å²) in [4.78, 5) is 27.4. The molecule has 1 fully saturated rings. The minimum atomic E-state index is -4.77. The molecule has 2 heterocycles. The number of piperidine rings is 1. The van der Waals surface area contributed by atoms with E-state index >= 15 is 0 Å². The van der Waals surface area contributed by atoms with Crippen molar-refractivity contribution < 1.29 is 27.5 Å². The predicted octanol–water partition coefficient (Wildman–Crippen LogP) is 4.28. The van der Waals surface area contributed by atoms with Gasteiger partial charge in [0.2, 0.25) is 5.91 Å². The van der Waals surface area contributed by atoms with Crippen molar-refractivity contribution in [3.8, 4) is 5.75 Å². The van der Waals surface area contributed by atoms with E-state index in [-0.39, 0.29) is 17.6 Å². The molecule has 0 spiro atoms. The molecule has 1 atom stereocenters. The van der Waals surface area contributed by atoms with Crippen molar-refractivity contribution in [1.29, 1.82) is 0 Å². The second-order valence-electron chi connectivity index (χ2n) is 6.05. The number of likely N-dealkylation sites (tertiary alicyclic amines) is 1. The molecule has 1 aliphatic rings. The van der Waals surface area contributed by atoms with Crippen molar-refractivity contribution >= 4 is 28.8 Å². The lowest BCUT2D eigenvalue weighted by molar-refractivity contribution is -0.274. The third-order valence-corrected chi connectivity index (χ3v) is 5.01. The summed E-state index contributed by atoms with van der Waals surface area (Å²) in [6, 6.07) is 7.79. The number of ether oxygens (including phenoxy) is 1. The summed E-state index contributed by atoms with van der Waals surface area (Å²) in [6.07, 6.45) is -2.58. The van der Waals surface area contributed by atoms with Crippen LogP contribution < -0.4 is 10.1 Å². The number of nitrogens with one attached hydrogen (secondary N) is 1. The van der Waals surface area contributed by atoms with Gasteiger partial charge in [0.1, 0.15) is 11.8 Å². The molecule has 0 bridgehead atoms. The van der Waals surface area contributed by atoms with Crippen LogP contribution in [0.3, 0.4) is 0 Å². The van der Waals surface area contributed by atoms with Crippen LogP contribution in [0.5, 0.6) is 5.75 Å². The lowest BCUT2D eigenvalue weighted by atomic mass is 10.0. The average molecular weight is 398 g/mol.